The van der Waals surface area contributed by atoms with Crippen LogP contribution in [0.5, 0.6) is 0 Å². The van der Waals surface area contributed by atoms with Crippen molar-refractivity contribution < 1.29 is 0 Å². The van der Waals surface area contributed by atoms with Crippen LogP contribution in [0.15, 0.2) is 36.7 Å². The number of anilines is 2. The number of nitrogen functional groups attached to an aromatic ring is 2. The van der Waals surface area contributed by atoms with Gasteiger partial charge in [-0.25, -0.2) is 0 Å². The van der Waals surface area contributed by atoms with E-state index in [2.05, 4.69) is 9.97 Å². The first-order valence-corrected chi connectivity index (χ1v) is 4.20. The molecule has 0 bridgehead atoms. The molecule has 0 spiro atoms. The highest BCUT2D eigenvalue weighted by Gasteiger charge is 2.07. The van der Waals surface area contributed by atoms with E-state index in [0.717, 1.165) is 0 Å². The monoisotopic (exact) mass is 186 g/mol. The lowest BCUT2D eigenvalue weighted by molar-refractivity contribution is 1.25. The van der Waals surface area contributed by atoms with Crippen LogP contribution in [0.4, 0.5) is 11.4 Å². The van der Waals surface area contributed by atoms with Gasteiger partial charge in [0.25, 0.3) is 0 Å². The van der Waals surface area contributed by atoms with Crippen molar-refractivity contribution in [2.45, 2.75) is 0 Å². The molecule has 0 radical (unpaired) electrons. The van der Waals surface area contributed by atoms with Crippen LogP contribution in [-0.4, -0.2) is 9.97 Å². The van der Waals surface area contributed by atoms with E-state index >= 15 is 0 Å². The fourth-order valence-corrected chi connectivity index (χ4v) is 1.23. The maximum Gasteiger partial charge on any atom is 0.114 e. The summed E-state index contributed by atoms with van der Waals surface area (Å²) in [7, 11) is 0. The number of nitrogens with zero attached hydrogens (tertiary/aromatic N) is 2. The third-order valence-electron chi connectivity index (χ3n) is 1.90. The summed E-state index contributed by atoms with van der Waals surface area (Å²) in [4.78, 5) is 8.28. The second-order valence-corrected chi connectivity index (χ2v) is 2.88. The van der Waals surface area contributed by atoms with E-state index in [1.54, 1.807) is 36.7 Å². The molecule has 0 amide bonds. The van der Waals surface area contributed by atoms with E-state index in [4.69, 9.17) is 11.5 Å². The lowest BCUT2D eigenvalue weighted by atomic mass is 10.2. The first kappa shape index (κ1) is 8.50. The first-order valence-electron chi connectivity index (χ1n) is 4.20. The van der Waals surface area contributed by atoms with Gasteiger partial charge in [0.15, 0.2) is 0 Å². The summed E-state index contributed by atoms with van der Waals surface area (Å²) in [6, 6.07) is 7.10. The van der Waals surface area contributed by atoms with Crippen molar-refractivity contribution >= 4 is 11.4 Å². The fraction of sp³-hybridized carbons (Fsp3) is 0. The largest absolute Gasteiger partial charge is 0.397 e. The van der Waals surface area contributed by atoms with Gasteiger partial charge in [-0.3, -0.25) is 9.97 Å². The Balaban J connectivity index is 2.61. The first-order chi connectivity index (χ1) is 6.79. The van der Waals surface area contributed by atoms with E-state index in [1.165, 1.54) is 0 Å². The van der Waals surface area contributed by atoms with Gasteiger partial charge in [-0.1, -0.05) is 0 Å². The minimum Gasteiger partial charge on any atom is -0.397 e. The molecule has 0 aliphatic rings. The van der Waals surface area contributed by atoms with Gasteiger partial charge in [-0.05, 0) is 24.3 Å². The molecule has 0 aliphatic carbocycles. The van der Waals surface area contributed by atoms with Crippen molar-refractivity contribution in [2.24, 2.45) is 0 Å². The average Bonchev–Trinajstić information content (AvgIpc) is 2.20. The SMILES string of the molecule is Nc1cccnc1-c1ncccc1N. The Morgan fingerprint density at radius 3 is 1.57 bits per heavy atom. The van der Waals surface area contributed by atoms with Gasteiger partial charge in [0.1, 0.15) is 11.4 Å². The van der Waals surface area contributed by atoms with E-state index in [-0.39, 0.29) is 0 Å². The molecule has 0 aliphatic heterocycles. The summed E-state index contributed by atoms with van der Waals surface area (Å²) in [6.07, 6.45) is 3.33. The molecular formula is C10H10N4. The van der Waals surface area contributed by atoms with Crippen LogP contribution in [-0.2, 0) is 0 Å². The molecule has 0 atom stereocenters. The van der Waals surface area contributed by atoms with Crippen molar-refractivity contribution in [1.29, 1.82) is 0 Å². The zero-order valence-corrected chi connectivity index (χ0v) is 7.51. The number of pyridine rings is 2. The van der Waals surface area contributed by atoms with Gasteiger partial charge in [0.05, 0.1) is 11.4 Å². The molecule has 14 heavy (non-hydrogen) atoms. The van der Waals surface area contributed by atoms with Crippen LogP contribution in [0.1, 0.15) is 0 Å². The molecular weight excluding hydrogens is 176 g/mol. The van der Waals surface area contributed by atoms with Gasteiger partial charge in [0.2, 0.25) is 0 Å². The van der Waals surface area contributed by atoms with Crippen molar-refractivity contribution in [3.8, 4) is 11.4 Å². The normalized spacial score (nSPS) is 10.0. The van der Waals surface area contributed by atoms with E-state index < -0.39 is 0 Å². The molecule has 2 heterocycles. The van der Waals surface area contributed by atoms with Crippen molar-refractivity contribution in [1.82, 2.24) is 9.97 Å². The number of hydrogen-bond donors (Lipinski definition) is 2. The molecule has 2 rings (SSSR count). The fourth-order valence-electron chi connectivity index (χ4n) is 1.23. The lowest BCUT2D eigenvalue weighted by Gasteiger charge is -2.05. The zero-order valence-electron chi connectivity index (χ0n) is 7.51. The molecule has 0 unspecified atom stereocenters. The summed E-state index contributed by atoms with van der Waals surface area (Å²) in [5.74, 6) is 0. The van der Waals surface area contributed by atoms with Crippen molar-refractivity contribution in [3.63, 3.8) is 0 Å². The maximum absolute atomic E-state index is 5.76. The van der Waals surface area contributed by atoms with Gasteiger partial charge in [-0.15, -0.1) is 0 Å². The molecule has 0 fully saturated rings. The standard InChI is InChI=1S/C10H10N4/c11-7-3-1-5-13-9(7)10-8(12)4-2-6-14-10/h1-6H,11-12H2. The van der Waals surface area contributed by atoms with E-state index in [0.29, 0.717) is 22.8 Å². The van der Waals surface area contributed by atoms with Gasteiger partial charge in [-0.2, -0.15) is 0 Å². The second kappa shape index (κ2) is 3.33. The van der Waals surface area contributed by atoms with Crippen LogP contribution in [0, 0.1) is 0 Å². The molecule has 2 aromatic rings. The smallest absolute Gasteiger partial charge is 0.114 e. The third kappa shape index (κ3) is 1.37. The summed E-state index contributed by atoms with van der Waals surface area (Å²) in [6.45, 7) is 0. The minimum absolute atomic E-state index is 0.581. The number of aromatic nitrogens is 2. The number of nitrogens with two attached hydrogens (primary N) is 2. The average molecular weight is 186 g/mol. The Morgan fingerprint density at radius 2 is 1.21 bits per heavy atom. The van der Waals surface area contributed by atoms with Gasteiger partial charge >= 0.3 is 0 Å². The molecule has 70 valence electrons. The topological polar surface area (TPSA) is 77.8 Å². The van der Waals surface area contributed by atoms with Crippen molar-refractivity contribution in [2.75, 3.05) is 11.5 Å². The lowest BCUT2D eigenvalue weighted by Crippen LogP contribution is -1.98. The van der Waals surface area contributed by atoms with Gasteiger partial charge in [0, 0.05) is 12.4 Å². The van der Waals surface area contributed by atoms with Crippen molar-refractivity contribution in [3.05, 3.63) is 36.7 Å². The molecule has 4 heteroatoms. The summed E-state index contributed by atoms with van der Waals surface area (Å²) in [5.41, 5.74) is 13.9. The molecule has 0 saturated carbocycles. The summed E-state index contributed by atoms with van der Waals surface area (Å²) in [5, 5.41) is 0. The minimum atomic E-state index is 0.581. The number of rotatable bonds is 1. The van der Waals surface area contributed by atoms with Crippen LogP contribution < -0.4 is 11.5 Å². The Kier molecular flexibility index (Phi) is 2.02. The highest BCUT2D eigenvalue weighted by molar-refractivity contribution is 5.77. The highest BCUT2D eigenvalue weighted by Crippen LogP contribution is 2.25. The quantitative estimate of drug-likeness (QED) is 0.703. The zero-order chi connectivity index (χ0) is 9.97. The molecule has 2 aromatic heterocycles. The second-order valence-electron chi connectivity index (χ2n) is 2.88. The predicted molar refractivity (Wildman–Crippen MR) is 56.3 cm³/mol. The predicted octanol–water partition coefficient (Wildman–Crippen LogP) is 1.31. The molecule has 4 nitrogen and oxygen atoms in total. The number of hydrogen-bond acceptors (Lipinski definition) is 4. The van der Waals surface area contributed by atoms with Crippen LogP contribution in [0.2, 0.25) is 0 Å². The summed E-state index contributed by atoms with van der Waals surface area (Å²) < 4.78 is 0. The van der Waals surface area contributed by atoms with Crippen LogP contribution >= 0.6 is 0 Å². The molecule has 0 aromatic carbocycles. The van der Waals surface area contributed by atoms with E-state index in [1.807, 2.05) is 0 Å². The molecule has 4 N–H and O–H groups in total. The Hall–Kier alpha value is -2.10. The third-order valence-corrected chi connectivity index (χ3v) is 1.90. The Labute approximate surface area is 81.6 Å². The Morgan fingerprint density at radius 1 is 0.786 bits per heavy atom. The highest BCUT2D eigenvalue weighted by atomic mass is 14.8. The van der Waals surface area contributed by atoms with E-state index in [9.17, 15) is 0 Å². The summed E-state index contributed by atoms with van der Waals surface area (Å²) >= 11 is 0. The van der Waals surface area contributed by atoms with Crippen LogP contribution in [0.3, 0.4) is 0 Å². The maximum atomic E-state index is 5.76. The van der Waals surface area contributed by atoms with Crippen LogP contribution in [0.25, 0.3) is 11.4 Å². The van der Waals surface area contributed by atoms with Gasteiger partial charge < -0.3 is 11.5 Å². The molecule has 0 saturated heterocycles. The Bertz CT molecular complexity index is 410.